The second-order valence-electron chi connectivity index (χ2n) is 4.23. The molecular formula is C15H12ClFO3. The van der Waals surface area contributed by atoms with E-state index in [1.165, 1.54) is 12.1 Å². The van der Waals surface area contributed by atoms with Crippen molar-refractivity contribution in [2.24, 2.45) is 0 Å². The fourth-order valence-corrected chi connectivity index (χ4v) is 1.80. The number of carboxylic acid groups (broad SMARTS) is 1. The maximum absolute atomic E-state index is 13.5. The van der Waals surface area contributed by atoms with Crippen molar-refractivity contribution in [2.75, 3.05) is 0 Å². The van der Waals surface area contributed by atoms with Gasteiger partial charge >= 0.3 is 5.97 Å². The Bertz CT molecular complexity index is 611. The molecule has 0 aliphatic rings. The summed E-state index contributed by atoms with van der Waals surface area (Å²) in [6, 6.07) is 10.7. The Morgan fingerprint density at radius 2 is 1.85 bits per heavy atom. The van der Waals surface area contributed by atoms with E-state index in [-0.39, 0.29) is 17.7 Å². The van der Waals surface area contributed by atoms with Crippen molar-refractivity contribution in [3.63, 3.8) is 0 Å². The number of ether oxygens (including phenoxy) is 1. The SMILES string of the molecule is O=C(O)c1ccc(F)c(COCc2ccc(Cl)cc2)c1. The molecule has 5 heteroatoms. The van der Waals surface area contributed by atoms with Gasteiger partial charge in [-0.2, -0.15) is 0 Å². The van der Waals surface area contributed by atoms with E-state index in [1.54, 1.807) is 12.1 Å². The fourth-order valence-electron chi connectivity index (χ4n) is 1.68. The maximum Gasteiger partial charge on any atom is 0.335 e. The number of aromatic carboxylic acids is 1. The molecule has 0 bridgehead atoms. The molecule has 2 aromatic rings. The van der Waals surface area contributed by atoms with Crippen LogP contribution in [0.3, 0.4) is 0 Å². The summed E-state index contributed by atoms with van der Waals surface area (Å²) in [5, 5.41) is 9.49. The monoisotopic (exact) mass is 294 g/mol. The van der Waals surface area contributed by atoms with Crippen LogP contribution in [0.2, 0.25) is 5.02 Å². The summed E-state index contributed by atoms with van der Waals surface area (Å²) in [5.41, 5.74) is 1.17. The van der Waals surface area contributed by atoms with Gasteiger partial charge in [0.2, 0.25) is 0 Å². The van der Waals surface area contributed by atoms with Crippen LogP contribution in [0.4, 0.5) is 4.39 Å². The highest BCUT2D eigenvalue weighted by Gasteiger charge is 2.08. The Balaban J connectivity index is 1.98. The average Bonchev–Trinajstić information content (AvgIpc) is 2.43. The molecule has 0 aliphatic heterocycles. The normalized spacial score (nSPS) is 10.5. The molecule has 2 rings (SSSR count). The summed E-state index contributed by atoms with van der Waals surface area (Å²) in [7, 11) is 0. The van der Waals surface area contributed by atoms with Gasteiger partial charge in [0.25, 0.3) is 0 Å². The van der Waals surface area contributed by atoms with Gasteiger partial charge in [0, 0.05) is 10.6 Å². The quantitative estimate of drug-likeness (QED) is 0.910. The highest BCUT2D eigenvalue weighted by Crippen LogP contribution is 2.14. The number of carboxylic acids is 1. The first-order valence-corrected chi connectivity index (χ1v) is 6.28. The van der Waals surface area contributed by atoms with Crippen LogP contribution < -0.4 is 0 Å². The van der Waals surface area contributed by atoms with Gasteiger partial charge in [-0.25, -0.2) is 9.18 Å². The molecule has 0 heterocycles. The van der Waals surface area contributed by atoms with Crippen LogP contribution in [0.15, 0.2) is 42.5 Å². The minimum Gasteiger partial charge on any atom is -0.478 e. The van der Waals surface area contributed by atoms with Crippen LogP contribution in [-0.4, -0.2) is 11.1 Å². The van der Waals surface area contributed by atoms with Gasteiger partial charge in [-0.15, -0.1) is 0 Å². The first kappa shape index (κ1) is 14.5. The lowest BCUT2D eigenvalue weighted by Crippen LogP contribution is -2.02. The number of halogens is 2. The second-order valence-corrected chi connectivity index (χ2v) is 4.67. The van der Waals surface area contributed by atoms with Crippen LogP contribution in [0.5, 0.6) is 0 Å². The number of hydrogen-bond acceptors (Lipinski definition) is 2. The van der Waals surface area contributed by atoms with Gasteiger partial charge < -0.3 is 9.84 Å². The molecule has 0 spiro atoms. The first-order valence-electron chi connectivity index (χ1n) is 5.90. The maximum atomic E-state index is 13.5. The van der Waals surface area contributed by atoms with E-state index in [9.17, 15) is 9.18 Å². The lowest BCUT2D eigenvalue weighted by atomic mass is 10.1. The van der Waals surface area contributed by atoms with E-state index in [4.69, 9.17) is 21.4 Å². The fraction of sp³-hybridized carbons (Fsp3) is 0.133. The molecule has 0 saturated heterocycles. The van der Waals surface area contributed by atoms with Crippen molar-refractivity contribution in [3.05, 3.63) is 70.0 Å². The van der Waals surface area contributed by atoms with Crippen molar-refractivity contribution >= 4 is 17.6 Å². The Hall–Kier alpha value is -1.91. The summed E-state index contributed by atoms with van der Waals surface area (Å²) in [4.78, 5) is 10.8. The lowest BCUT2D eigenvalue weighted by Gasteiger charge is -2.07. The molecule has 0 aromatic heterocycles. The van der Waals surface area contributed by atoms with Gasteiger partial charge in [-0.1, -0.05) is 23.7 Å². The molecular weight excluding hydrogens is 283 g/mol. The highest BCUT2D eigenvalue weighted by molar-refractivity contribution is 6.30. The molecule has 0 amide bonds. The summed E-state index contributed by atoms with van der Waals surface area (Å²) in [5.74, 6) is -1.57. The van der Waals surface area contributed by atoms with Crippen LogP contribution >= 0.6 is 11.6 Å². The molecule has 1 N–H and O–H groups in total. The van der Waals surface area contributed by atoms with E-state index in [0.29, 0.717) is 11.6 Å². The number of carbonyl (C=O) groups is 1. The molecule has 3 nitrogen and oxygen atoms in total. The molecule has 104 valence electrons. The van der Waals surface area contributed by atoms with Crippen molar-refractivity contribution in [1.29, 1.82) is 0 Å². The Labute approximate surface area is 120 Å². The summed E-state index contributed by atoms with van der Waals surface area (Å²) in [6.07, 6.45) is 0. The molecule has 0 saturated carbocycles. The third-order valence-corrected chi connectivity index (χ3v) is 2.98. The molecule has 0 radical (unpaired) electrons. The van der Waals surface area contributed by atoms with E-state index in [2.05, 4.69) is 0 Å². The number of benzene rings is 2. The zero-order valence-corrected chi connectivity index (χ0v) is 11.2. The molecule has 0 atom stereocenters. The van der Waals surface area contributed by atoms with Gasteiger partial charge in [-0.05, 0) is 35.9 Å². The van der Waals surface area contributed by atoms with E-state index < -0.39 is 11.8 Å². The smallest absolute Gasteiger partial charge is 0.335 e. The summed E-state index contributed by atoms with van der Waals surface area (Å²) in [6.45, 7) is 0.309. The zero-order chi connectivity index (χ0) is 14.5. The Morgan fingerprint density at radius 1 is 1.15 bits per heavy atom. The number of rotatable bonds is 5. The zero-order valence-electron chi connectivity index (χ0n) is 10.5. The predicted octanol–water partition coefficient (Wildman–Crippen LogP) is 3.89. The average molecular weight is 295 g/mol. The molecule has 20 heavy (non-hydrogen) atoms. The Kier molecular flexibility index (Phi) is 4.71. The summed E-state index contributed by atoms with van der Waals surface area (Å²) < 4.78 is 18.9. The van der Waals surface area contributed by atoms with Gasteiger partial charge in [0.05, 0.1) is 18.8 Å². The van der Waals surface area contributed by atoms with E-state index in [0.717, 1.165) is 11.6 Å². The number of hydrogen-bond donors (Lipinski definition) is 1. The van der Waals surface area contributed by atoms with Gasteiger partial charge in [0.1, 0.15) is 5.82 Å². The minimum atomic E-state index is -1.09. The summed E-state index contributed by atoms with van der Waals surface area (Å²) >= 11 is 5.76. The van der Waals surface area contributed by atoms with Crippen LogP contribution in [0.1, 0.15) is 21.5 Å². The molecule has 0 fully saturated rings. The van der Waals surface area contributed by atoms with E-state index >= 15 is 0 Å². The van der Waals surface area contributed by atoms with Crippen molar-refractivity contribution in [1.82, 2.24) is 0 Å². The Morgan fingerprint density at radius 3 is 2.50 bits per heavy atom. The van der Waals surface area contributed by atoms with Crippen LogP contribution in [0.25, 0.3) is 0 Å². The van der Waals surface area contributed by atoms with Crippen LogP contribution in [0, 0.1) is 5.82 Å². The van der Waals surface area contributed by atoms with Gasteiger partial charge in [0.15, 0.2) is 0 Å². The minimum absolute atomic E-state index is 0.00950. The lowest BCUT2D eigenvalue weighted by molar-refractivity contribution is 0.0696. The first-order chi connectivity index (χ1) is 9.56. The van der Waals surface area contributed by atoms with Crippen molar-refractivity contribution in [3.8, 4) is 0 Å². The van der Waals surface area contributed by atoms with Crippen molar-refractivity contribution < 1.29 is 19.0 Å². The second kappa shape index (κ2) is 6.50. The van der Waals surface area contributed by atoms with Crippen LogP contribution in [-0.2, 0) is 18.0 Å². The third kappa shape index (κ3) is 3.79. The predicted molar refractivity (Wildman–Crippen MR) is 73.3 cm³/mol. The standard InChI is InChI=1S/C15H12ClFO3/c16-13-4-1-10(2-5-13)8-20-9-12-7-11(15(18)19)3-6-14(12)17/h1-7H,8-9H2,(H,18,19). The van der Waals surface area contributed by atoms with E-state index in [1.807, 2.05) is 12.1 Å². The highest BCUT2D eigenvalue weighted by atomic mass is 35.5. The van der Waals surface area contributed by atoms with Crippen molar-refractivity contribution in [2.45, 2.75) is 13.2 Å². The largest absolute Gasteiger partial charge is 0.478 e. The topological polar surface area (TPSA) is 46.5 Å². The molecule has 0 unspecified atom stereocenters. The van der Waals surface area contributed by atoms with Gasteiger partial charge in [-0.3, -0.25) is 0 Å². The molecule has 0 aliphatic carbocycles. The molecule has 2 aromatic carbocycles. The third-order valence-electron chi connectivity index (χ3n) is 2.73.